The Morgan fingerprint density at radius 2 is 1.80 bits per heavy atom. The van der Waals surface area contributed by atoms with Gasteiger partial charge in [-0.25, -0.2) is 4.79 Å². The summed E-state index contributed by atoms with van der Waals surface area (Å²) in [5.74, 6) is 0.281. The summed E-state index contributed by atoms with van der Waals surface area (Å²) in [5, 5.41) is 0. The van der Waals surface area contributed by atoms with Crippen LogP contribution in [0.1, 0.15) is 0 Å². The molecule has 4 amide bonds. The maximum Gasteiger partial charge on any atom is 0.327 e. The quantitative estimate of drug-likeness (QED) is 0.730. The second-order valence-electron chi connectivity index (χ2n) is 6.16. The molecule has 0 aromatic heterocycles. The van der Waals surface area contributed by atoms with Crippen LogP contribution in [0.15, 0.2) is 24.3 Å². The van der Waals surface area contributed by atoms with Crippen molar-refractivity contribution in [2.24, 2.45) is 0 Å². The average Bonchev–Trinajstić information content (AvgIpc) is 2.88. The zero-order chi connectivity index (χ0) is 18.0. The van der Waals surface area contributed by atoms with Gasteiger partial charge < -0.3 is 19.4 Å². The van der Waals surface area contributed by atoms with Crippen molar-refractivity contribution in [3.05, 3.63) is 24.3 Å². The fourth-order valence-corrected chi connectivity index (χ4v) is 3.15. The highest BCUT2D eigenvalue weighted by molar-refractivity contribution is 6.04. The Morgan fingerprint density at radius 3 is 2.40 bits per heavy atom. The molecule has 2 aliphatic rings. The third-order valence-electron chi connectivity index (χ3n) is 4.58. The number of amides is 4. The summed E-state index contributed by atoms with van der Waals surface area (Å²) in [6.45, 7) is 2.29. The molecule has 134 valence electrons. The van der Waals surface area contributed by atoms with Crippen LogP contribution in [0, 0.1) is 0 Å². The number of hydrogen-bond acceptors (Lipinski definition) is 5. The Balaban J connectivity index is 1.58. The summed E-state index contributed by atoms with van der Waals surface area (Å²) in [5.41, 5.74) is 1.00. The lowest BCUT2D eigenvalue weighted by Crippen LogP contribution is -2.52. The van der Waals surface area contributed by atoms with Crippen LogP contribution in [0.3, 0.4) is 0 Å². The molecule has 2 fully saturated rings. The predicted octanol–water partition coefficient (Wildman–Crippen LogP) is 0.238. The number of carbonyl (C=O) groups is 3. The number of rotatable bonds is 4. The van der Waals surface area contributed by atoms with E-state index >= 15 is 0 Å². The van der Waals surface area contributed by atoms with E-state index in [0.29, 0.717) is 26.2 Å². The van der Waals surface area contributed by atoms with Crippen LogP contribution in [0.5, 0.6) is 5.75 Å². The van der Waals surface area contributed by atoms with Crippen LogP contribution in [0.4, 0.5) is 10.5 Å². The topological polar surface area (TPSA) is 73.4 Å². The van der Waals surface area contributed by atoms with Gasteiger partial charge in [-0.2, -0.15) is 0 Å². The number of piperazine rings is 1. The second-order valence-corrected chi connectivity index (χ2v) is 6.16. The standard InChI is InChI=1S/C17H22N4O4/c1-18-11-16(23)21(17(18)24)12-15(22)20-9-7-19(8-10-20)13-5-3-4-6-14(13)25-2/h3-6H,7-12H2,1-2H3. The molecule has 1 aromatic carbocycles. The van der Waals surface area contributed by atoms with Crippen molar-refractivity contribution in [1.29, 1.82) is 0 Å². The first-order valence-corrected chi connectivity index (χ1v) is 8.22. The van der Waals surface area contributed by atoms with E-state index in [2.05, 4.69) is 4.90 Å². The zero-order valence-electron chi connectivity index (χ0n) is 14.5. The minimum absolute atomic E-state index is 0.0354. The molecule has 0 saturated carbocycles. The summed E-state index contributed by atoms with van der Waals surface area (Å²) in [6.07, 6.45) is 0. The smallest absolute Gasteiger partial charge is 0.327 e. The molecule has 2 heterocycles. The van der Waals surface area contributed by atoms with Gasteiger partial charge in [0.25, 0.3) is 5.91 Å². The summed E-state index contributed by atoms with van der Waals surface area (Å²) in [6, 6.07) is 7.37. The van der Waals surface area contributed by atoms with Gasteiger partial charge in [-0.15, -0.1) is 0 Å². The van der Waals surface area contributed by atoms with E-state index < -0.39 is 6.03 Å². The molecule has 2 saturated heterocycles. The van der Waals surface area contributed by atoms with Crippen molar-refractivity contribution in [2.75, 3.05) is 58.3 Å². The molecule has 2 aliphatic heterocycles. The zero-order valence-corrected chi connectivity index (χ0v) is 14.5. The molecule has 1 aromatic rings. The van der Waals surface area contributed by atoms with Gasteiger partial charge in [0.15, 0.2) is 0 Å². The highest BCUT2D eigenvalue weighted by Gasteiger charge is 2.36. The van der Waals surface area contributed by atoms with E-state index in [4.69, 9.17) is 4.74 Å². The maximum atomic E-state index is 12.4. The minimum atomic E-state index is -0.411. The first-order valence-electron chi connectivity index (χ1n) is 8.22. The molecule has 0 aliphatic carbocycles. The SMILES string of the molecule is COc1ccccc1N1CCN(C(=O)CN2C(=O)CN(C)C2=O)CC1. The molecule has 8 nitrogen and oxygen atoms in total. The number of anilines is 1. The fraction of sp³-hybridized carbons (Fsp3) is 0.471. The van der Waals surface area contributed by atoms with Crippen LogP contribution in [-0.4, -0.2) is 86.0 Å². The Kier molecular flexibility index (Phi) is 4.78. The molecule has 0 atom stereocenters. The van der Waals surface area contributed by atoms with Crippen molar-refractivity contribution in [3.8, 4) is 5.75 Å². The first kappa shape index (κ1) is 17.1. The van der Waals surface area contributed by atoms with Gasteiger partial charge in [0.05, 0.1) is 12.8 Å². The van der Waals surface area contributed by atoms with Crippen molar-refractivity contribution < 1.29 is 19.1 Å². The molecular formula is C17H22N4O4. The summed E-state index contributed by atoms with van der Waals surface area (Å²) >= 11 is 0. The molecule has 0 unspecified atom stereocenters. The molecule has 0 N–H and O–H groups in total. The number of likely N-dealkylation sites (N-methyl/N-ethyl adjacent to an activating group) is 1. The highest BCUT2D eigenvalue weighted by Crippen LogP contribution is 2.28. The van der Waals surface area contributed by atoms with Crippen molar-refractivity contribution in [1.82, 2.24) is 14.7 Å². The van der Waals surface area contributed by atoms with E-state index in [-0.39, 0.29) is 24.9 Å². The number of methoxy groups -OCH3 is 1. The van der Waals surface area contributed by atoms with E-state index in [9.17, 15) is 14.4 Å². The lowest BCUT2D eigenvalue weighted by Gasteiger charge is -2.37. The Bertz CT molecular complexity index is 685. The number of urea groups is 1. The monoisotopic (exact) mass is 346 g/mol. The molecule has 3 rings (SSSR count). The Morgan fingerprint density at radius 1 is 1.12 bits per heavy atom. The van der Waals surface area contributed by atoms with Crippen LogP contribution in [0.25, 0.3) is 0 Å². The van der Waals surface area contributed by atoms with Crippen molar-refractivity contribution in [3.63, 3.8) is 0 Å². The number of benzene rings is 1. The molecule has 0 bridgehead atoms. The van der Waals surface area contributed by atoms with Gasteiger partial charge in [0.1, 0.15) is 18.8 Å². The van der Waals surface area contributed by atoms with Gasteiger partial charge in [0.2, 0.25) is 5.91 Å². The Hall–Kier alpha value is -2.77. The highest BCUT2D eigenvalue weighted by atomic mass is 16.5. The van der Waals surface area contributed by atoms with Crippen LogP contribution in [0.2, 0.25) is 0 Å². The first-order chi connectivity index (χ1) is 12.0. The minimum Gasteiger partial charge on any atom is -0.495 e. The van der Waals surface area contributed by atoms with Crippen LogP contribution >= 0.6 is 0 Å². The van der Waals surface area contributed by atoms with Gasteiger partial charge in [-0.1, -0.05) is 12.1 Å². The Labute approximate surface area is 146 Å². The molecule has 0 radical (unpaired) electrons. The normalized spacial score (nSPS) is 18.2. The van der Waals surface area contributed by atoms with Crippen molar-refractivity contribution >= 4 is 23.5 Å². The van der Waals surface area contributed by atoms with Gasteiger partial charge in [0, 0.05) is 33.2 Å². The fourth-order valence-electron chi connectivity index (χ4n) is 3.15. The molecule has 0 spiro atoms. The van der Waals surface area contributed by atoms with E-state index in [1.807, 2.05) is 24.3 Å². The van der Waals surface area contributed by atoms with Crippen molar-refractivity contribution in [2.45, 2.75) is 0 Å². The van der Waals surface area contributed by atoms with Crippen LogP contribution < -0.4 is 9.64 Å². The molecule has 25 heavy (non-hydrogen) atoms. The molecular weight excluding hydrogens is 324 g/mol. The van der Waals surface area contributed by atoms with Gasteiger partial charge >= 0.3 is 6.03 Å². The number of ether oxygens (including phenoxy) is 1. The third-order valence-corrected chi connectivity index (χ3v) is 4.58. The van der Waals surface area contributed by atoms with E-state index in [1.165, 1.54) is 4.90 Å². The number of carbonyl (C=O) groups excluding carboxylic acids is 3. The third kappa shape index (κ3) is 3.38. The predicted molar refractivity (Wildman–Crippen MR) is 91.5 cm³/mol. The lowest BCUT2D eigenvalue weighted by atomic mass is 10.2. The second kappa shape index (κ2) is 7.00. The van der Waals surface area contributed by atoms with Gasteiger partial charge in [-0.3, -0.25) is 14.5 Å². The van der Waals surface area contributed by atoms with E-state index in [1.54, 1.807) is 19.1 Å². The number of hydrogen-bond donors (Lipinski definition) is 0. The lowest BCUT2D eigenvalue weighted by molar-refractivity contribution is -0.136. The average molecular weight is 346 g/mol. The molecule has 8 heteroatoms. The summed E-state index contributed by atoms with van der Waals surface area (Å²) in [4.78, 5) is 42.3. The van der Waals surface area contributed by atoms with Gasteiger partial charge in [-0.05, 0) is 12.1 Å². The summed E-state index contributed by atoms with van der Waals surface area (Å²) < 4.78 is 5.39. The maximum absolute atomic E-state index is 12.4. The van der Waals surface area contributed by atoms with E-state index in [0.717, 1.165) is 16.3 Å². The number of nitrogens with zero attached hydrogens (tertiary/aromatic N) is 4. The number of imide groups is 1. The van der Waals surface area contributed by atoms with Crippen LogP contribution in [-0.2, 0) is 9.59 Å². The largest absolute Gasteiger partial charge is 0.495 e. The summed E-state index contributed by atoms with van der Waals surface area (Å²) in [7, 11) is 3.19. The number of para-hydroxylation sites is 2.